The topological polar surface area (TPSA) is 55.5 Å². The lowest BCUT2D eigenvalue weighted by atomic mass is 10.1. The van der Waals surface area contributed by atoms with Crippen LogP contribution in [0.5, 0.6) is 5.75 Å². The fourth-order valence-corrected chi connectivity index (χ4v) is 1.33. The number of alkyl halides is 1. The summed E-state index contributed by atoms with van der Waals surface area (Å²) in [5, 5.41) is 8.81. The number of aliphatic hydroxyl groups is 1. The Balaban J connectivity index is 0.00000256. The summed E-state index contributed by atoms with van der Waals surface area (Å²) in [4.78, 5) is 0. The van der Waals surface area contributed by atoms with E-state index in [9.17, 15) is 4.39 Å². The van der Waals surface area contributed by atoms with Crippen molar-refractivity contribution in [2.45, 2.75) is 18.9 Å². The molecule has 1 aromatic carbocycles. The molecule has 0 aliphatic rings. The Hall–Kier alpha value is -0.840. The fourth-order valence-electron chi connectivity index (χ4n) is 1.33. The number of ether oxygens (including phenoxy) is 1. The van der Waals surface area contributed by atoms with Gasteiger partial charge < -0.3 is 15.6 Å². The average molecular weight is 264 g/mol. The van der Waals surface area contributed by atoms with Gasteiger partial charge in [-0.05, 0) is 24.1 Å². The minimum absolute atomic E-state index is 0. The normalized spacial score (nSPS) is 11.7. The molecule has 0 saturated heterocycles. The van der Waals surface area contributed by atoms with E-state index in [4.69, 9.17) is 15.6 Å². The van der Waals surface area contributed by atoms with E-state index in [-0.39, 0.29) is 31.7 Å². The molecule has 0 radical (unpaired) electrons. The van der Waals surface area contributed by atoms with Crippen LogP contribution < -0.4 is 10.5 Å². The molecule has 0 aliphatic heterocycles. The van der Waals surface area contributed by atoms with Gasteiger partial charge in [-0.3, -0.25) is 4.39 Å². The molecule has 1 unspecified atom stereocenters. The van der Waals surface area contributed by atoms with E-state index in [2.05, 4.69) is 0 Å². The van der Waals surface area contributed by atoms with Crippen LogP contribution >= 0.6 is 12.4 Å². The maximum atomic E-state index is 11.8. The maximum Gasteiger partial charge on any atom is 0.119 e. The molecule has 0 fully saturated rings. The number of hydrogen-bond donors (Lipinski definition) is 2. The Morgan fingerprint density at radius 2 is 1.94 bits per heavy atom. The minimum atomic E-state index is -0.358. The largest absolute Gasteiger partial charge is 0.494 e. The highest BCUT2D eigenvalue weighted by molar-refractivity contribution is 5.85. The highest BCUT2D eigenvalue weighted by Crippen LogP contribution is 2.13. The third-order valence-corrected chi connectivity index (χ3v) is 2.20. The quantitative estimate of drug-likeness (QED) is 0.737. The van der Waals surface area contributed by atoms with Crippen LogP contribution in [0.3, 0.4) is 0 Å². The van der Waals surface area contributed by atoms with Gasteiger partial charge in [0.15, 0.2) is 0 Å². The summed E-state index contributed by atoms with van der Waals surface area (Å²) in [6.07, 6.45) is 1.05. The molecule has 1 atom stereocenters. The smallest absolute Gasteiger partial charge is 0.119 e. The van der Waals surface area contributed by atoms with Crippen LogP contribution in [0.2, 0.25) is 0 Å². The molecule has 98 valence electrons. The first-order valence-electron chi connectivity index (χ1n) is 5.40. The van der Waals surface area contributed by atoms with Crippen molar-refractivity contribution >= 4 is 12.4 Å². The fraction of sp³-hybridized carbons (Fsp3) is 0.500. The van der Waals surface area contributed by atoms with Crippen molar-refractivity contribution in [3.8, 4) is 5.75 Å². The summed E-state index contributed by atoms with van der Waals surface area (Å²) < 4.78 is 17.1. The molecule has 1 aromatic rings. The van der Waals surface area contributed by atoms with E-state index in [1.165, 1.54) is 0 Å². The molecule has 0 heterocycles. The van der Waals surface area contributed by atoms with Gasteiger partial charge in [0.2, 0.25) is 0 Å². The zero-order valence-electron chi connectivity index (χ0n) is 9.64. The SMILES string of the molecule is Cl.NC(CO)Cc1ccc(OCCCF)cc1. The molecule has 0 bridgehead atoms. The summed E-state index contributed by atoms with van der Waals surface area (Å²) in [7, 11) is 0. The average Bonchev–Trinajstić information content (AvgIpc) is 2.31. The highest BCUT2D eigenvalue weighted by Gasteiger charge is 2.02. The molecule has 0 spiro atoms. The van der Waals surface area contributed by atoms with Crippen LogP contribution in [0, 0.1) is 0 Å². The van der Waals surface area contributed by atoms with Gasteiger partial charge >= 0.3 is 0 Å². The first-order valence-corrected chi connectivity index (χ1v) is 5.40. The monoisotopic (exact) mass is 263 g/mol. The predicted molar refractivity (Wildman–Crippen MR) is 68.5 cm³/mol. The second-order valence-corrected chi connectivity index (χ2v) is 3.68. The molecule has 1 rings (SSSR count). The lowest BCUT2D eigenvalue weighted by molar-refractivity contribution is 0.265. The number of nitrogens with two attached hydrogens (primary N) is 1. The summed E-state index contributed by atoms with van der Waals surface area (Å²) in [5.74, 6) is 0.731. The lowest BCUT2D eigenvalue weighted by Gasteiger charge is -2.09. The van der Waals surface area contributed by atoms with Gasteiger partial charge in [0, 0.05) is 12.5 Å². The van der Waals surface area contributed by atoms with E-state index < -0.39 is 0 Å². The van der Waals surface area contributed by atoms with Gasteiger partial charge in [0.1, 0.15) is 5.75 Å². The Labute approximate surface area is 107 Å². The van der Waals surface area contributed by atoms with Crippen molar-refractivity contribution in [1.29, 1.82) is 0 Å². The number of halogens is 2. The van der Waals surface area contributed by atoms with Crippen molar-refractivity contribution in [2.24, 2.45) is 5.73 Å². The molecule has 3 nitrogen and oxygen atoms in total. The first kappa shape index (κ1) is 16.2. The van der Waals surface area contributed by atoms with Crippen molar-refractivity contribution in [3.05, 3.63) is 29.8 Å². The third-order valence-electron chi connectivity index (χ3n) is 2.20. The Morgan fingerprint density at radius 3 is 2.47 bits per heavy atom. The van der Waals surface area contributed by atoms with Crippen molar-refractivity contribution < 1.29 is 14.2 Å². The van der Waals surface area contributed by atoms with Gasteiger partial charge in [-0.25, -0.2) is 0 Å². The summed E-state index contributed by atoms with van der Waals surface area (Å²) in [6.45, 7) is 0.0180. The molecule has 0 saturated carbocycles. The van der Waals surface area contributed by atoms with E-state index in [1.807, 2.05) is 24.3 Å². The van der Waals surface area contributed by atoms with Crippen LogP contribution in [0.15, 0.2) is 24.3 Å². The molecular weight excluding hydrogens is 245 g/mol. The van der Waals surface area contributed by atoms with Gasteiger partial charge in [0.25, 0.3) is 0 Å². The first-order chi connectivity index (χ1) is 7.76. The van der Waals surface area contributed by atoms with E-state index in [0.29, 0.717) is 19.4 Å². The Kier molecular flexibility index (Phi) is 8.76. The molecule has 0 aromatic heterocycles. The molecule has 17 heavy (non-hydrogen) atoms. The van der Waals surface area contributed by atoms with Crippen LogP contribution in [-0.2, 0) is 6.42 Å². The van der Waals surface area contributed by atoms with Gasteiger partial charge in [0.05, 0.1) is 19.9 Å². The van der Waals surface area contributed by atoms with Crippen LogP contribution in [0.25, 0.3) is 0 Å². The predicted octanol–water partition coefficient (Wildman–Crippen LogP) is 1.71. The Morgan fingerprint density at radius 1 is 1.29 bits per heavy atom. The number of hydrogen-bond acceptors (Lipinski definition) is 3. The molecule has 5 heteroatoms. The molecular formula is C12H19ClFNO2. The van der Waals surface area contributed by atoms with E-state index in [1.54, 1.807) is 0 Å². The zero-order valence-corrected chi connectivity index (χ0v) is 10.5. The van der Waals surface area contributed by atoms with Crippen LogP contribution in [0.4, 0.5) is 4.39 Å². The van der Waals surface area contributed by atoms with E-state index >= 15 is 0 Å². The van der Waals surface area contributed by atoms with Gasteiger partial charge in [-0.1, -0.05) is 12.1 Å². The highest BCUT2D eigenvalue weighted by atomic mass is 35.5. The summed E-state index contributed by atoms with van der Waals surface area (Å²) >= 11 is 0. The minimum Gasteiger partial charge on any atom is -0.494 e. The molecule has 0 aliphatic carbocycles. The lowest BCUT2D eigenvalue weighted by Crippen LogP contribution is -2.26. The standard InChI is InChI=1S/C12H18FNO2.ClH/c13-6-1-7-16-12-4-2-10(3-5-12)8-11(14)9-15;/h2-5,11,15H,1,6-9,14H2;1H. The van der Waals surface area contributed by atoms with Crippen LogP contribution in [-0.4, -0.2) is 31.0 Å². The number of rotatable bonds is 7. The molecule has 0 amide bonds. The second-order valence-electron chi connectivity index (χ2n) is 3.68. The summed E-state index contributed by atoms with van der Waals surface area (Å²) in [6, 6.07) is 7.24. The van der Waals surface area contributed by atoms with Crippen LogP contribution in [0.1, 0.15) is 12.0 Å². The summed E-state index contributed by atoms with van der Waals surface area (Å²) in [5.41, 5.74) is 6.67. The van der Waals surface area contributed by atoms with E-state index in [0.717, 1.165) is 11.3 Å². The zero-order chi connectivity index (χ0) is 11.8. The third kappa shape index (κ3) is 6.46. The van der Waals surface area contributed by atoms with Crippen molar-refractivity contribution in [1.82, 2.24) is 0 Å². The molecule has 3 N–H and O–H groups in total. The number of aliphatic hydroxyl groups excluding tert-OH is 1. The van der Waals surface area contributed by atoms with Gasteiger partial charge in [-0.2, -0.15) is 0 Å². The van der Waals surface area contributed by atoms with Crippen molar-refractivity contribution in [3.63, 3.8) is 0 Å². The maximum absolute atomic E-state index is 11.8. The number of benzene rings is 1. The second kappa shape index (κ2) is 9.22. The van der Waals surface area contributed by atoms with Gasteiger partial charge in [-0.15, -0.1) is 12.4 Å². The van der Waals surface area contributed by atoms with Crippen molar-refractivity contribution in [2.75, 3.05) is 19.9 Å². The Bertz CT molecular complexity index is 295.